The fraction of sp³-hybridized carbons (Fsp3) is 0.500. The smallest absolute Gasteiger partial charge is 0.137 e. The molecule has 1 saturated heterocycles. The van der Waals surface area contributed by atoms with E-state index in [1.165, 1.54) is 18.9 Å². The van der Waals surface area contributed by atoms with Gasteiger partial charge in [-0.1, -0.05) is 12.5 Å². The normalized spacial score (nSPS) is 20.2. The van der Waals surface area contributed by atoms with Gasteiger partial charge in [0.15, 0.2) is 0 Å². The highest BCUT2D eigenvalue weighted by atomic mass is 19.1. The molecule has 5 heteroatoms. The zero-order valence-electron chi connectivity index (χ0n) is 11.2. The summed E-state index contributed by atoms with van der Waals surface area (Å²) in [7, 11) is 2.07. The van der Waals surface area contributed by atoms with Gasteiger partial charge in [-0.3, -0.25) is 5.41 Å². The lowest BCUT2D eigenvalue weighted by molar-refractivity contribution is 0.125. The van der Waals surface area contributed by atoms with Crippen LogP contribution in [0.3, 0.4) is 0 Å². The number of nitrogen functional groups attached to an aromatic ring is 1. The number of hydrogen-bond donors (Lipinski definition) is 2. The maximum atomic E-state index is 13.6. The molecule has 0 spiro atoms. The zero-order valence-corrected chi connectivity index (χ0v) is 11.2. The monoisotopic (exact) mass is 265 g/mol. The van der Waals surface area contributed by atoms with E-state index in [-0.39, 0.29) is 11.4 Å². The molecule has 19 heavy (non-hydrogen) atoms. The van der Waals surface area contributed by atoms with Crippen LogP contribution < -0.4 is 10.5 Å². The van der Waals surface area contributed by atoms with Gasteiger partial charge in [0.1, 0.15) is 24.0 Å². The lowest BCUT2D eigenvalue weighted by Gasteiger charge is -2.32. The zero-order chi connectivity index (χ0) is 13.8. The Hall–Kier alpha value is -1.62. The Kier molecular flexibility index (Phi) is 4.37. The third kappa shape index (κ3) is 3.23. The molecule has 1 unspecified atom stereocenters. The summed E-state index contributed by atoms with van der Waals surface area (Å²) in [5, 5.41) is 7.43. The Labute approximate surface area is 112 Å². The Bertz CT molecular complexity index is 464. The first-order valence-corrected chi connectivity index (χ1v) is 6.55. The van der Waals surface area contributed by atoms with E-state index >= 15 is 0 Å². The summed E-state index contributed by atoms with van der Waals surface area (Å²) in [6.45, 7) is 1.57. The van der Waals surface area contributed by atoms with Crippen molar-refractivity contribution >= 4 is 5.84 Å². The molecular weight excluding hydrogens is 245 g/mol. The van der Waals surface area contributed by atoms with Crippen LogP contribution in [0.15, 0.2) is 18.2 Å². The summed E-state index contributed by atoms with van der Waals surface area (Å²) in [5.41, 5.74) is 5.46. The topological polar surface area (TPSA) is 62.3 Å². The molecule has 1 aromatic carbocycles. The molecule has 1 aliphatic heterocycles. The molecule has 104 valence electrons. The van der Waals surface area contributed by atoms with Crippen LogP contribution in [0.2, 0.25) is 0 Å². The summed E-state index contributed by atoms with van der Waals surface area (Å²) in [6.07, 6.45) is 3.49. The van der Waals surface area contributed by atoms with E-state index in [0.717, 1.165) is 13.0 Å². The van der Waals surface area contributed by atoms with E-state index < -0.39 is 5.82 Å². The van der Waals surface area contributed by atoms with E-state index in [2.05, 4.69) is 11.9 Å². The van der Waals surface area contributed by atoms with Crippen LogP contribution in [0.25, 0.3) is 0 Å². The first-order valence-electron chi connectivity index (χ1n) is 6.55. The molecule has 2 rings (SSSR count). The molecule has 0 radical (unpaired) electrons. The molecule has 0 saturated carbocycles. The summed E-state index contributed by atoms with van der Waals surface area (Å²) < 4.78 is 19.3. The molecule has 0 aromatic heterocycles. The number of nitrogens with two attached hydrogens (primary N) is 1. The van der Waals surface area contributed by atoms with Gasteiger partial charge in [0, 0.05) is 6.04 Å². The Morgan fingerprint density at radius 2 is 2.32 bits per heavy atom. The van der Waals surface area contributed by atoms with Crippen LogP contribution >= 0.6 is 0 Å². The summed E-state index contributed by atoms with van der Waals surface area (Å²) >= 11 is 0. The maximum absolute atomic E-state index is 13.6. The second kappa shape index (κ2) is 6.02. The van der Waals surface area contributed by atoms with Crippen molar-refractivity contribution in [3.8, 4) is 5.75 Å². The highest BCUT2D eigenvalue weighted by Crippen LogP contribution is 2.23. The minimum absolute atomic E-state index is 0.0564. The van der Waals surface area contributed by atoms with Gasteiger partial charge < -0.3 is 15.4 Å². The van der Waals surface area contributed by atoms with Crippen LogP contribution in [-0.2, 0) is 0 Å². The molecule has 3 N–H and O–H groups in total. The second-order valence-electron chi connectivity index (χ2n) is 4.97. The number of halogens is 1. The molecule has 0 bridgehead atoms. The highest BCUT2D eigenvalue weighted by Gasteiger charge is 2.20. The predicted octanol–water partition coefficient (Wildman–Crippen LogP) is 1.97. The molecule has 1 fully saturated rings. The third-order valence-corrected chi connectivity index (χ3v) is 3.60. The third-order valence-electron chi connectivity index (χ3n) is 3.60. The Balaban J connectivity index is 2.07. The fourth-order valence-corrected chi connectivity index (χ4v) is 2.43. The number of likely N-dealkylation sites (tertiary alicyclic amines) is 1. The summed E-state index contributed by atoms with van der Waals surface area (Å²) in [6, 6.07) is 4.86. The summed E-state index contributed by atoms with van der Waals surface area (Å²) in [4.78, 5) is 2.26. The number of hydrogen-bond acceptors (Lipinski definition) is 3. The lowest BCUT2D eigenvalue weighted by atomic mass is 10.0. The van der Waals surface area contributed by atoms with E-state index in [0.29, 0.717) is 18.4 Å². The summed E-state index contributed by atoms with van der Waals surface area (Å²) in [5.74, 6) is -0.460. The van der Waals surface area contributed by atoms with Gasteiger partial charge in [0.05, 0.1) is 5.56 Å². The number of rotatable bonds is 4. The molecular formula is C14H20FN3O. The van der Waals surface area contributed by atoms with Crippen LogP contribution in [0.4, 0.5) is 4.39 Å². The average molecular weight is 265 g/mol. The van der Waals surface area contributed by atoms with Crippen molar-refractivity contribution in [2.24, 2.45) is 5.73 Å². The number of nitrogens with one attached hydrogen (secondary N) is 1. The number of amidine groups is 1. The van der Waals surface area contributed by atoms with Crippen LogP contribution in [0, 0.1) is 11.2 Å². The van der Waals surface area contributed by atoms with Gasteiger partial charge in [-0.2, -0.15) is 0 Å². The standard InChI is InChI=1S/C14H20FN3O/c1-18-8-3-2-5-10(18)9-19-12-7-4-6-11(15)13(12)14(16)17/h4,6-7,10H,2-3,5,8-9H2,1H3,(H3,16,17). The van der Waals surface area contributed by atoms with Gasteiger partial charge >= 0.3 is 0 Å². The van der Waals surface area contributed by atoms with E-state index in [9.17, 15) is 4.39 Å². The molecule has 0 aliphatic carbocycles. The number of ether oxygens (including phenoxy) is 1. The maximum Gasteiger partial charge on any atom is 0.137 e. The Morgan fingerprint density at radius 1 is 1.53 bits per heavy atom. The molecule has 1 aromatic rings. The average Bonchev–Trinajstić information content (AvgIpc) is 2.37. The fourth-order valence-electron chi connectivity index (χ4n) is 2.43. The van der Waals surface area contributed by atoms with Gasteiger partial charge in [-0.15, -0.1) is 0 Å². The van der Waals surface area contributed by atoms with Crippen molar-refractivity contribution < 1.29 is 9.13 Å². The van der Waals surface area contributed by atoms with Gasteiger partial charge in [0.2, 0.25) is 0 Å². The number of likely N-dealkylation sites (N-methyl/N-ethyl adjacent to an activating group) is 1. The molecule has 1 atom stereocenters. The highest BCUT2D eigenvalue weighted by molar-refractivity contribution is 5.97. The first-order chi connectivity index (χ1) is 9.09. The van der Waals surface area contributed by atoms with Crippen molar-refractivity contribution in [1.29, 1.82) is 5.41 Å². The molecule has 1 heterocycles. The molecule has 4 nitrogen and oxygen atoms in total. The lowest BCUT2D eigenvalue weighted by Crippen LogP contribution is -2.40. The molecule has 0 amide bonds. The van der Waals surface area contributed by atoms with E-state index in [1.807, 2.05) is 0 Å². The number of benzene rings is 1. The van der Waals surface area contributed by atoms with E-state index in [1.54, 1.807) is 12.1 Å². The predicted molar refractivity (Wildman–Crippen MR) is 73.2 cm³/mol. The van der Waals surface area contributed by atoms with Crippen LogP contribution in [0.5, 0.6) is 5.75 Å². The van der Waals surface area contributed by atoms with Crippen LogP contribution in [0.1, 0.15) is 24.8 Å². The minimum Gasteiger partial charge on any atom is -0.491 e. The molecule has 1 aliphatic rings. The Morgan fingerprint density at radius 3 is 3.00 bits per heavy atom. The first kappa shape index (κ1) is 13.8. The van der Waals surface area contributed by atoms with Crippen LogP contribution in [-0.4, -0.2) is 37.0 Å². The van der Waals surface area contributed by atoms with Crippen molar-refractivity contribution in [3.05, 3.63) is 29.6 Å². The van der Waals surface area contributed by atoms with Gasteiger partial charge in [-0.25, -0.2) is 4.39 Å². The van der Waals surface area contributed by atoms with Gasteiger partial charge in [-0.05, 0) is 38.6 Å². The van der Waals surface area contributed by atoms with Crippen molar-refractivity contribution in [3.63, 3.8) is 0 Å². The largest absolute Gasteiger partial charge is 0.491 e. The second-order valence-corrected chi connectivity index (χ2v) is 4.97. The minimum atomic E-state index is -0.512. The number of nitrogens with zero attached hydrogens (tertiary/aromatic N) is 1. The SMILES string of the molecule is CN1CCCCC1COc1cccc(F)c1C(=N)N. The quantitative estimate of drug-likeness (QED) is 0.646. The van der Waals surface area contributed by atoms with Crippen molar-refractivity contribution in [2.75, 3.05) is 20.2 Å². The van der Waals surface area contributed by atoms with Gasteiger partial charge in [0.25, 0.3) is 0 Å². The van der Waals surface area contributed by atoms with Crippen molar-refractivity contribution in [1.82, 2.24) is 4.90 Å². The van der Waals surface area contributed by atoms with E-state index in [4.69, 9.17) is 15.9 Å². The number of piperidine rings is 1. The van der Waals surface area contributed by atoms with Crippen molar-refractivity contribution in [2.45, 2.75) is 25.3 Å².